The second-order valence-electron chi connectivity index (χ2n) is 4.59. The molecule has 0 aromatic carbocycles. The van der Waals surface area contributed by atoms with Crippen LogP contribution in [0.1, 0.15) is 38.5 Å². The maximum absolute atomic E-state index is 12.2. The number of amides is 1. The Morgan fingerprint density at radius 3 is 2.60 bits per heavy atom. The molecule has 1 heterocycles. The van der Waals surface area contributed by atoms with Crippen LogP contribution in [0.15, 0.2) is 12.3 Å². The van der Waals surface area contributed by atoms with E-state index in [2.05, 4.69) is 11.9 Å². The first-order valence-corrected chi connectivity index (χ1v) is 5.92. The highest BCUT2D eigenvalue weighted by Gasteiger charge is 2.35. The number of carbonyl (C=O) groups is 1. The van der Waals surface area contributed by atoms with Crippen LogP contribution in [0.2, 0.25) is 0 Å². The van der Waals surface area contributed by atoms with Gasteiger partial charge in [-0.1, -0.05) is 6.58 Å². The lowest BCUT2D eigenvalue weighted by Crippen LogP contribution is -2.49. The molecule has 0 radical (unpaired) electrons. The number of allylic oxidation sites excluding steroid dienone is 1. The molecule has 1 saturated carbocycles. The highest BCUT2D eigenvalue weighted by Crippen LogP contribution is 2.31. The molecule has 15 heavy (non-hydrogen) atoms. The van der Waals surface area contributed by atoms with Gasteiger partial charge < -0.3 is 10.2 Å². The first-order chi connectivity index (χ1) is 7.24. The van der Waals surface area contributed by atoms with E-state index in [0.717, 1.165) is 37.8 Å². The molecule has 2 rings (SSSR count). The van der Waals surface area contributed by atoms with Gasteiger partial charge >= 0.3 is 0 Å². The quantitative estimate of drug-likeness (QED) is 0.748. The van der Waals surface area contributed by atoms with Gasteiger partial charge in [0.15, 0.2) is 0 Å². The molecule has 0 bridgehead atoms. The van der Waals surface area contributed by atoms with Crippen LogP contribution in [0, 0.1) is 0 Å². The molecule has 1 saturated heterocycles. The molecule has 84 valence electrons. The van der Waals surface area contributed by atoms with Gasteiger partial charge in [0, 0.05) is 11.7 Å². The lowest BCUT2D eigenvalue weighted by atomic mass is 9.90. The van der Waals surface area contributed by atoms with Gasteiger partial charge in [0.25, 0.3) is 0 Å². The maximum Gasteiger partial charge on any atom is 0.244 e. The fraction of sp³-hybridized carbons (Fsp3) is 0.750. The summed E-state index contributed by atoms with van der Waals surface area (Å²) in [7, 11) is 1.87. The number of hydrogen-bond donors (Lipinski definition) is 1. The number of nitrogens with one attached hydrogen (secondary N) is 1. The Kier molecular flexibility index (Phi) is 3.10. The number of rotatable bonds is 2. The van der Waals surface area contributed by atoms with Crippen molar-refractivity contribution in [1.29, 1.82) is 0 Å². The zero-order valence-electron chi connectivity index (χ0n) is 9.46. The van der Waals surface area contributed by atoms with E-state index in [0.29, 0.717) is 6.04 Å². The minimum atomic E-state index is 0.00449. The lowest BCUT2D eigenvalue weighted by molar-refractivity contribution is -0.134. The predicted octanol–water partition coefficient (Wildman–Crippen LogP) is 1.65. The Morgan fingerprint density at radius 1 is 1.33 bits per heavy atom. The second-order valence-corrected chi connectivity index (χ2v) is 4.59. The molecule has 3 heteroatoms. The number of likely N-dealkylation sites (tertiary alicyclic amines) is 1. The van der Waals surface area contributed by atoms with Crippen LogP contribution in [0.3, 0.4) is 0 Å². The standard InChI is InChI=1S/C12H20N2O/c1-9-5-3-8-11(13-2)12(15)14(9)10-6-4-7-10/h10-11,13H,1,3-8H2,2H3. The van der Waals surface area contributed by atoms with E-state index in [9.17, 15) is 4.79 Å². The number of likely N-dealkylation sites (N-methyl/N-ethyl adjacent to an activating group) is 1. The minimum absolute atomic E-state index is 0.00449. The molecule has 2 fully saturated rings. The minimum Gasteiger partial charge on any atom is -0.312 e. The molecule has 1 atom stereocenters. The van der Waals surface area contributed by atoms with E-state index in [4.69, 9.17) is 0 Å². The van der Waals surface area contributed by atoms with Crippen LogP contribution >= 0.6 is 0 Å². The smallest absolute Gasteiger partial charge is 0.244 e. The molecule has 1 aliphatic carbocycles. The zero-order valence-corrected chi connectivity index (χ0v) is 9.46. The van der Waals surface area contributed by atoms with Crippen LogP contribution in [0.5, 0.6) is 0 Å². The molecule has 1 amide bonds. The van der Waals surface area contributed by atoms with Crippen LogP contribution in [0.25, 0.3) is 0 Å². The Bertz CT molecular complexity index is 271. The molecule has 0 spiro atoms. The van der Waals surface area contributed by atoms with Crippen molar-refractivity contribution in [3.63, 3.8) is 0 Å². The summed E-state index contributed by atoms with van der Waals surface area (Å²) < 4.78 is 0. The van der Waals surface area contributed by atoms with Gasteiger partial charge in [0.2, 0.25) is 5.91 Å². The van der Waals surface area contributed by atoms with Gasteiger partial charge in [0.1, 0.15) is 0 Å². The van der Waals surface area contributed by atoms with Crippen molar-refractivity contribution < 1.29 is 4.79 Å². The number of carbonyl (C=O) groups excluding carboxylic acids is 1. The van der Waals surface area contributed by atoms with Crippen LogP contribution in [-0.2, 0) is 4.79 Å². The Hall–Kier alpha value is -0.830. The number of hydrogen-bond acceptors (Lipinski definition) is 2. The molecular weight excluding hydrogens is 188 g/mol. The van der Waals surface area contributed by atoms with Crippen LogP contribution in [0.4, 0.5) is 0 Å². The normalized spacial score (nSPS) is 28.9. The average molecular weight is 208 g/mol. The Morgan fingerprint density at radius 2 is 2.07 bits per heavy atom. The van der Waals surface area contributed by atoms with Gasteiger partial charge in [-0.2, -0.15) is 0 Å². The average Bonchev–Trinajstić information content (AvgIpc) is 2.27. The van der Waals surface area contributed by atoms with Crippen LogP contribution < -0.4 is 5.32 Å². The van der Waals surface area contributed by atoms with E-state index < -0.39 is 0 Å². The molecule has 1 unspecified atom stereocenters. The Labute approximate surface area is 91.5 Å². The third-order valence-electron chi connectivity index (χ3n) is 3.62. The van der Waals surface area contributed by atoms with Crippen molar-refractivity contribution in [3.8, 4) is 0 Å². The van der Waals surface area contributed by atoms with Gasteiger partial charge in [-0.15, -0.1) is 0 Å². The summed E-state index contributed by atoms with van der Waals surface area (Å²) >= 11 is 0. The van der Waals surface area contributed by atoms with Gasteiger partial charge in [-0.3, -0.25) is 4.79 Å². The lowest BCUT2D eigenvalue weighted by Gasteiger charge is -2.39. The van der Waals surface area contributed by atoms with E-state index >= 15 is 0 Å². The predicted molar refractivity (Wildman–Crippen MR) is 60.3 cm³/mol. The topological polar surface area (TPSA) is 32.3 Å². The van der Waals surface area contributed by atoms with Crippen molar-refractivity contribution in [2.45, 2.75) is 50.6 Å². The SMILES string of the molecule is C=C1CCCC(NC)C(=O)N1C1CCC1. The van der Waals surface area contributed by atoms with E-state index in [-0.39, 0.29) is 11.9 Å². The second kappa shape index (κ2) is 4.35. The van der Waals surface area contributed by atoms with E-state index in [1.807, 2.05) is 11.9 Å². The third-order valence-corrected chi connectivity index (χ3v) is 3.62. The summed E-state index contributed by atoms with van der Waals surface area (Å²) in [5, 5.41) is 3.11. The molecule has 2 aliphatic rings. The zero-order chi connectivity index (χ0) is 10.8. The molecule has 3 nitrogen and oxygen atoms in total. The monoisotopic (exact) mass is 208 g/mol. The molecular formula is C12H20N2O. The fourth-order valence-corrected chi connectivity index (χ4v) is 2.43. The van der Waals surface area contributed by atoms with Gasteiger partial charge in [-0.05, 0) is 45.6 Å². The summed E-state index contributed by atoms with van der Waals surface area (Å²) in [6, 6.07) is 0.448. The summed E-state index contributed by atoms with van der Waals surface area (Å²) in [5.74, 6) is 0.240. The van der Waals surface area contributed by atoms with Gasteiger partial charge in [0.05, 0.1) is 6.04 Å². The van der Waals surface area contributed by atoms with Crippen molar-refractivity contribution in [1.82, 2.24) is 10.2 Å². The van der Waals surface area contributed by atoms with Crippen molar-refractivity contribution in [3.05, 3.63) is 12.3 Å². The summed E-state index contributed by atoms with van der Waals surface area (Å²) in [6.45, 7) is 4.05. The van der Waals surface area contributed by atoms with Crippen molar-refractivity contribution in [2.24, 2.45) is 0 Å². The third kappa shape index (κ3) is 1.93. The summed E-state index contributed by atoms with van der Waals surface area (Å²) in [4.78, 5) is 14.2. The molecule has 1 aliphatic heterocycles. The fourth-order valence-electron chi connectivity index (χ4n) is 2.43. The Balaban J connectivity index is 2.14. The van der Waals surface area contributed by atoms with Crippen LogP contribution in [-0.4, -0.2) is 29.9 Å². The van der Waals surface area contributed by atoms with E-state index in [1.165, 1.54) is 6.42 Å². The first-order valence-electron chi connectivity index (χ1n) is 5.92. The molecule has 0 aromatic rings. The molecule has 0 aromatic heterocycles. The van der Waals surface area contributed by atoms with E-state index in [1.54, 1.807) is 0 Å². The van der Waals surface area contributed by atoms with Crippen molar-refractivity contribution in [2.75, 3.05) is 7.05 Å². The maximum atomic E-state index is 12.2. The summed E-state index contributed by atoms with van der Waals surface area (Å²) in [5.41, 5.74) is 1.03. The summed E-state index contributed by atoms with van der Waals surface area (Å²) in [6.07, 6.45) is 6.55. The largest absolute Gasteiger partial charge is 0.312 e. The van der Waals surface area contributed by atoms with Gasteiger partial charge in [-0.25, -0.2) is 0 Å². The molecule has 1 N–H and O–H groups in total. The number of nitrogens with zero attached hydrogens (tertiary/aromatic N) is 1. The van der Waals surface area contributed by atoms with Crippen molar-refractivity contribution >= 4 is 5.91 Å². The highest BCUT2D eigenvalue weighted by molar-refractivity contribution is 5.84. The first kappa shape index (κ1) is 10.7. The highest BCUT2D eigenvalue weighted by atomic mass is 16.2.